The number of alkyl halides is 6. The van der Waals surface area contributed by atoms with Crippen LogP contribution in [0.5, 0.6) is 5.75 Å². The smallest absolute Gasteiger partial charge is 0.404 e. The summed E-state index contributed by atoms with van der Waals surface area (Å²) in [6, 6.07) is 5.33. The second-order valence-electron chi connectivity index (χ2n) is 8.14. The third-order valence-electron chi connectivity index (χ3n) is 5.30. The maximum absolute atomic E-state index is 13.5. The quantitative estimate of drug-likeness (QED) is 0.0731. The normalized spacial score (nSPS) is 12.2. The number of carbonyl (C=O) groups excluding carboxylic acids is 2. The minimum absolute atomic E-state index is 0.0676. The Bertz CT molecular complexity index is 1260. The van der Waals surface area contributed by atoms with Crippen molar-refractivity contribution in [3.63, 3.8) is 0 Å². The Morgan fingerprint density at radius 2 is 1.70 bits per heavy atom. The van der Waals surface area contributed by atoms with Crippen molar-refractivity contribution < 1.29 is 45.4 Å². The van der Waals surface area contributed by atoms with Gasteiger partial charge in [-0.05, 0) is 49.2 Å². The molecule has 0 atom stereocenters. The van der Waals surface area contributed by atoms with Crippen molar-refractivity contribution in [2.24, 2.45) is 11.6 Å². The molecule has 0 spiro atoms. The number of ether oxygens (including phenoxy) is 2. The van der Waals surface area contributed by atoms with Gasteiger partial charge in [-0.1, -0.05) is 18.0 Å². The van der Waals surface area contributed by atoms with Crippen LogP contribution in [0.25, 0.3) is 0 Å². The van der Waals surface area contributed by atoms with Gasteiger partial charge in [-0.25, -0.2) is 10.6 Å². The molecule has 0 aliphatic carbocycles. The SMILES string of the molecule is CCOC(=O)/C(N)=C/N(N)c1cc(C(=O)Nc2cc(C(C(F)(F)F)C(F)(F)F)cc(NSC)c2OC)ccc1C. The molecule has 0 fully saturated rings. The number of nitrogens with one attached hydrogen (secondary N) is 2. The number of hydrazine groups is 1. The molecule has 0 saturated heterocycles. The van der Waals surface area contributed by atoms with Gasteiger partial charge in [0.2, 0.25) is 0 Å². The van der Waals surface area contributed by atoms with Gasteiger partial charge in [0, 0.05) is 11.8 Å². The van der Waals surface area contributed by atoms with Gasteiger partial charge >= 0.3 is 18.3 Å². The van der Waals surface area contributed by atoms with Gasteiger partial charge in [0.1, 0.15) is 5.70 Å². The number of anilines is 3. The lowest BCUT2D eigenvalue weighted by atomic mass is 9.96. The number of amides is 1. The monoisotopic (exact) mass is 595 g/mol. The number of aryl methyl sites for hydroxylation is 1. The third-order valence-corrected chi connectivity index (χ3v) is 5.73. The number of hydrogen-bond acceptors (Lipinski definition) is 9. The molecule has 0 unspecified atom stereocenters. The Hall–Kier alpha value is -3.79. The largest absolute Gasteiger partial charge is 0.492 e. The lowest BCUT2D eigenvalue weighted by molar-refractivity contribution is -0.253. The molecule has 16 heteroatoms. The minimum atomic E-state index is -5.67. The third kappa shape index (κ3) is 7.88. The summed E-state index contributed by atoms with van der Waals surface area (Å²) >= 11 is 0.887. The second kappa shape index (κ2) is 13.0. The molecule has 1 amide bonds. The summed E-state index contributed by atoms with van der Waals surface area (Å²) in [5, 5.41) is 3.27. The number of nitrogens with two attached hydrogens (primary N) is 2. The van der Waals surface area contributed by atoms with Crippen LogP contribution in [0.3, 0.4) is 0 Å². The van der Waals surface area contributed by atoms with Crippen molar-refractivity contribution in [2.75, 3.05) is 35.0 Å². The molecule has 2 aromatic rings. The molecule has 9 nitrogen and oxygen atoms in total. The lowest BCUT2D eigenvalue weighted by Crippen LogP contribution is -2.34. The van der Waals surface area contributed by atoms with Gasteiger partial charge in [0.05, 0.1) is 37.0 Å². The van der Waals surface area contributed by atoms with E-state index in [1.807, 2.05) is 0 Å². The number of halogens is 6. The van der Waals surface area contributed by atoms with Gasteiger partial charge in [-0.15, -0.1) is 0 Å². The summed E-state index contributed by atoms with van der Waals surface area (Å²) in [6.45, 7) is 3.28. The zero-order valence-corrected chi connectivity index (χ0v) is 22.5. The highest BCUT2D eigenvalue weighted by Gasteiger charge is 2.57. The van der Waals surface area contributed by atoms with E-state index in [1.165, 1.54) is 24.5 Å². The number of benzene rings is 2. The molecule has 0 saturated carbocycles. The van der Waals surface area contributed by atoms with E-state index in [9.17, 15) is 35.9 Å². The van der Waals surface area contributed by atoms with Gasteiger partial charge < -0.3 is 25.2 Å². The van der Waals surface area contributed by atoms with Gasteiger partial charge in [0.25, 0.3) is 5.91 Å². The molecule has 0 aromatic heterocycles. The Kier molecular flexibility index (Phi) is 10.6. The fraction of sp³-hybridized carbons (Fsp3) is 0.333. The summed E-state index contributed by atoms with van der Waals surface area (Å²) < 4.78 is 93.4. The van der Waals surface area contributed by atoms with E-state index in [0.717, 1.165) is 30.3 Å². The summed E-state index contributed by atoms with van der Waals surface area (Å²) in [5.41, 5.74) is 4.17. The molecule has 220 valence electrons. The first kappa shape index (κ1) is 32.4. The first-order valence-electron chi connectivity index (χ1n) is 11.3. The van der Waals surface area contributed by atoms with Gasteiger partial charge in [0.15, 0.2) is 11.7 Å². The minimum Gasteiger partial charge on any atom is -0.492 e. The molecule has 0 radical (unpaired) electrons. The second-order valence-corrected chi connectivity index (χ2v) is 8.75. The molecule has 0 bridgehead atoms. The highest BCUT2D eigenvalue weighted by Crippen LogP contribution is 2.49. The zero-order valence-electron chi connectivity index (χ0n) is 21.7. The average Bonchev–Trinajstić information content (AvgIpc) is 2.82. The lowest BCUT2D eigenvalue weighted by Gasteiger charge is -2.25. The number of methoxy groups -OCH3 is 1. The van der Waals surface area contributed by atoms with Crippen LogP contribution in [0, 0.1) is 6.92 Å². The molecule has 0 heterocycles. The number of hydrogen-bond donors (Lipinski definition) is 4. The van der Waals surface area contributed by atoms with Crippen LogP contribution in [0.4, 0.5) is 43.4 Å². The first-order chi connectivity index (χ1) is 18.5. The van der Waals surface area contributed by atoms with E-state index in [2.05, 4.69) is 10.0 Å². The summed E-state index contributed by atoms with van der Waals surface area (Å²) in [4.78, 5) is 24.9. The zero-order chi connectivity index (χ0) is 30.4. The maximum atomic E-state index is 13.5. The standard InChI is InChI=1S/C24H27F6N5O4S/c1-5-39-22(37)15(31)11-35(32)18-10-13(7-6-12(18)2)21(36)33-16-8-14(9-17(34-40-4)19(16)38-3)20(23(25,26)27)24(28,29)30/h6-11,20,34H,5,31-32H2,1-4H3,(H,33,36)/b15-11-. The maximum Gasteiger partial charge on any atom is 0.404 e. The molecular formula is C24H27F6N5O4S. The Labute approximate surface area is 229 Å². The molecule has 40 heavy (non-hydrogen) atoms. The van der Waals surface area contributed by atoms with Crippen LogP contribution in [0.2, 0.25) is 0 Å². The van der Waals surface area contributed by atoms with Crippen molar-refractivity contribution in [1.82, 2.24) is 0 Å². The predicted molar refractivity (Wildman–Crippen MR) is 140 cm³/mol. The Morgan fingerprint density at radius 1 is 1.10 bits per heavy atom. The van der Waals surface area contributed by atoms with Crippen molar-refractivity contribution >= 4 is 40.9 Å². The highest BCUT2D eigenvalue weighted by atomic mass is 32.2. The van der Waals surface area contributed by atoms with E-state index >= 15 is 0 Å². The van der Waals surface area contributed by atoms with E-state index in [0.29, 0.717) is 17.7 Å². The molecule has 2 rings (SSSR count). The molecule has 0 aliphatic rings. The first-order valence-corrected chi connectivity index (χ1v) is 12.5. The van der Waals surface area contributed by atoms with Crippen LogP contribution in [0.1, 0.15) is 34.3 Å². The topological polar surface area (TPSA) is 132 Å². The molecular weight excluding hydrogens is 568 g/mol. The summed E-state index contributed by atoms with van der Waals surface area (Å²) in [5.74, 6) is 0.220. The summed E-state index contributed by atoms with van der Waals surface area (Å²) in [7, 11) is 1.14. The van der Waals surface area contributed by atoms with Crippen molar-refractivity contribution in [3.8, 4) is 5.75 Å². The van der Waals surface area contributed by atoms with Gasteiger partial charge in [-0.3, -0.25) is 9.80 Å². The van der Waals surface area contributed by atoms with Crippen molar-refractivity contribution in [1.29, 1.82) is 0 Å². The number of esters is 1. The molecule has 2 aromatic carbocycles. The van der Waals surface area contributed by atoms with Crippen LogP contribution >= 0.6 is 11.9 Å². The van der Waals surface area contributed by atoms with E-state index in [4.69, 9.17) is 21.1 Å². The number of nitrogens with zero attached hydrogens (tertiary/aromatic N) is 1. The Balaban J connectivity index is 2.56. The van der Waals surface area contributed by atoms with Crippen molar-refractivity contribution in [3.05, 3.63) is 58.9 Å². The van der Waals surface area contributed by atoms with E-state index in [1.54, 1.807) is 13.8 Å². The summed E-state index contributed by atoms with van der Waals surface area (Å²) in [6.07, 6.45) is -8.78. The van der Waals surface area contributed by atoms with E-state index in [-0.39, 0.29) is 35.0 Å². The molecule has 6 N–H and O–H groups in total. The average molecular weight is 596 g/mol. The number of rotatable bonds is 10. The predicted octanol–water partition coefficient (Wildman–Crippen LogP) is 5.20. The van der Waals surface area contributed by atoms with Crippen LogP contribution in [-0.4, -0.2) is 44.2 Å². The van der Waals surface area contributed by atoms with E-state index < -0.39 is 41.4 Å². The number of carbonyl (C=O) groups is 2. The van der Waals surface area contributed by atoms with Crippen molar-refractivity contribution in [2.45, 2.75) is 32.1 Å². The van der Waals surface area contributed by atoms with Crippen LogP contribution < -0.4 is 31.4 Å². The molecule has 0 aliphatic heterocycles. The van der Waals surface area contributed by atoms with Gasteiger partial charge in [-0.2, -0.15) is 26.3 Å². The fourth-order valence-corrected chi connectivity index (χ4v) is 3.96. The Morgan fingerprint density at radius 3 is 2.23 bits per heavy atom. The van der Waals surface area contributed by atoms with Crippen LogP contribution in [0.15, 0.2) is 42.2 Å². The fourth-order valence-electron chi connectivity index (χ4n) is 3.59. The highest BCUT2D eigenvalue weighted by molar-refractivity contribution is 7.99. The van der Waals surface area contributed by atoms with Crippen LogP contribution in [-0.2, 0) is 9.53 Å².